The molecule has 0 saturated heterocycles. The van der Waals surface area contributed by atoms with Gasteiger partial charge in [-0.3, -0.25) is 9.98 Å². The Bertz CT molecular complexity index is 1650. The largest absolute Gasteiger partial charge is 0.573 e. The van der Waals surface area contributed by atoms with Crippen LogP contribution in [0.3, 0.4) is 0 Å². The van der Waals surface area contributed by atoms with E-state index in [2.05, 4.69) is 25.3 Å². The molecule has 0 aliphatic heterocycles. The highest BCUT2D eigenvalue weighted by Crippen LogP contribution is 2.35. The number of aromatic amines is 1. The van der Waals surface area contributed by atoms with E-state index in [1.54, 1.807) is 18.3 Å². The molecule has 0 aliphatic carbocycles. The van der Waals surface area contributed by atoms with Crippen molar-refractivity contribution in [3.05, 3.63) is 76.1 Å². The molecule has 2 aromatic carbocycles. The van der Waals surface area contributed by atoms with Gasteiger partial charge in [-0.25, -0.2) is 9.18 Å². The van der Waals surface area contributed by atoms with Crippen molar-refractivity contribution in [2.75, 3.05) is 13.1 Å². The van der Waals surface area contributed by atoms with Crippen LogP contribution in [0.15, 0.2) is 53.5 Å². The Hall–Kier alpha value is -4.43. The smallest absolute Gasteiger partial charge is 0.403 e. The topological polar surface area (TPSA) is 160 Å². The fraction of sp³-hybridized carbons (Fsp3) is 0.367. The molecule has 0 radical (unpaired) electrons. The monoisotopic (exact) mass is 616 g/mol. The standard InChI is InChI=1S/C30H36F4N8O2/c1-17(35)5-3-6-19-13-23(26(31)25(14-19)44-30(32,33)34)24-15-21-16-42(29(43)41-27(21)40-24)22-9-7-20(8-10-22)18(2)38-11-4-12-39-28(36)37/h7-10,13-18,38H,3-6,11-12,35H2,1-2H3,(H4,36,37,39)(H,40,41,43)/t17-,18-/m0/s1. The molecule has 8 N–H and O–H groups in total. The Labute approximate surface area is 251 Å². The number of halogens is 4. The minimum absolute atomic E-state index is 0.0292. The van der Waals surface area contributed by atoms with Crippen molar-refractivity contribution < 1.29 is 22.3 Å². The number of rotatable bonds is 13. The van der Waals surface area contributed by atoms with Crippen LogP contribution in [-0.2, 0) is 6.42 Å². The van der Waals surface area contributed by atoms with Crippen molar-refractivity contribution in [1.82, 2.24) is 25.2 Å². The highest BCUT2D eigenvalue weighted by molar-refractivity contribution is 5.83. The van der Waals surface area contributed by atoms with E-state index in [1.165, 1.54) is 16.7 Å². The van der Waals surface area contributed by atoms with Crippen molar-refractivity contribution in [3.63, 3.8) is 0 Å². The summed E-state index contributed by atoms with van der Waals surface area (Å²) in [6, 6.07) is 11.3. The highest BCUT2D eigenvalue weighted by Gasteiger charge is 2.33. The number of ether oxygens (including phenoxy) is 1. The number of nitrogens with zero attached hydrogens (tertiary/aromatic N) is 2. The zero-order valence-corrected chi connectivity index (χ0v) is 24.4. The lowest BCUT2D eigenvalue weighted by Gasteiger charge is -2.15. The van der Waals surface area contributed by atoms with Gasteiger partial charge >= 0.3 is 12.1 Å². The first kappa shape index (κ1) is 32.5. The van der Waals surface area contributed by atoms with E-state index in [0.29, 0.717) is 49.0 Å². The number of benzene rings is 2. The van der Waals surface area contributed by atoms with Crippen LogP contribution in [0.5, 0.6) is 5.75 Å². The highest BCUT2D eigenvalue weighted by atomic mass is 19.4. The lowest BCUT2D eigenvalue weighted by atomic mass is 10.0. The zero-order chi connectivity index (χ0) is 32.0. The minimum Gasteiger partial charge on any atom is -0.403 e. The van der Waals surface area contributed by atoms with Gasteiger partial charge in [0.2, 0.25) is 0 Å². The molecule has 14 heteroatoms. The lowest BCUT2D eigenvalue weighted by Crippen LogP contribution is -2.32. The maximum absolute atomic E-state index is 15.3. The Morgan fingerprint density at radius 1 is 1.14 bits per heavy atom. The van der Waals surface area contributed by atoms with Gasteiger partial charge in [0.25, 0.3) is 0 Å². The van der Waals surface area contributed by atoms with Crippen LogP contribution in [0.2, 0.25) is 0 Å². The van der Waals surface area contributed by atoms with Crippen LogP contribution in [0.25, 0.3) is 28.0 Å². The van der Waals surface area contributed by atoms with Crippen LogP contribution in [0.4, 0.5) is 17.6 Å². The molecular weight excluding hydrogens is 580 g/mol. The Morgan fingerprint density at radius 3 is 2.52 bits per heavy atom. The zero-order valence-electron chi connectivity index (χ0n) is 24.4. The first-order valence-corrected chi connectivity index (χ1v) is 14.2. The van der Waals surface area contributed by atoms with Gasteiger partial charge in [-0.1, -0.05) is 12.1 Å². The van der Waals surface area contributed by atoms with Crippen molar-refractivity contribution >= 4 is 17.0 Å². The maximum Gasteiger partial charge on any atom is 0.573 e. The van der Waals surface area contributed by atoms with Crippen molar-refractivity contribution in [3.8, 4) is 22.7 Å². The van der Waals surface area contributed by atoms with Crippen molar-refractivity contribution in [1.29, 1.82) is 5.41 Å². The first-order valence-electron chi connectivity index (χ1n) is 14.2. The average molecular weight is 617 g/mol. The van der Waals surface area contributed by atoms with Gasteiger partial charge in [0.15, 0.2) is 17.5 Å². The Kier molecular flexibility index (Phi) is 10.3. The van der Waals surface area contributed by atoms with E-state index in [9.17, 15) is 18.0 Å². The number of hydrogen-bond donors (Lipinski definition) is 6. The molecule has 4 rings (SSSR count). The maximum atomic E-state index is 15.3. The third-order valence-corrected chi connectivity index (χ3v) is 7.04. The number of nitrogens with two attached hydrogens (primary N) is 2. The van der Waals surface area contributed by atoms with Crippen molar-refractivity contribution in [2.24, 2.45) is 11.5 Å². The molecule has 2 atom stereocenters. The van der Waals surface area contributed by atoms with E-state index in [4.69, 9.17) is 16.9 Å². The quantitative estimate of drug-likeness (QED) is 0.0554. The second-order valence-corrected chi connectivity index (χ2v) is 10.7. The van der Waals surface area contributed by atoms with Crippen LogP contribution in [-0.4, -0.2) is 46.0 Å². The van der Waals surface area contributed by atoms with E-state index < -0.39 is 23.6 Å². The Balaban J connectivity index is 1.59. The number of aryl methyl sites for hydroxylation is 1. The Morgan fingerprint density at radius 2 is 1.86 bits per heavy atom. The number of H-pyrrole nitrogens is 1. The summed E-state index contributed by atoms with van der Waals surface area (Å²) < 4.78 is 59.9. The summed E-state index contributed by atoms with van der Waals surface area (Å²) >= 11 is 0. The molecule has 0 bridgehead atoms. The second-order valence-electron chi connectivity index (χ2n) is 10.7. The minimum atomic E-state index is -5.08. The second kappa shape index (κ2) is 13.9. The fourth-order valence-corrected chi connectivity index (χ4v) is 4.82. The van der Waals surface area contributed by atoms with Gasteiger partial charge in [-0.05, 0) is 87.5 Å². The van der Waals surface area contributed by atoms with Crippen LogP contribution < -0.4 is 32.5 Å². The molecule has 0 aliphatic rings. The summed E-state index contributed by atoms with van der Waals surface area (Å²) in [5.41, 5.74) is 12.7. The van der Waals surface area contributed by atoms with Crippen LogP contribution in [0.1, 0.15) is 50.3 Å². The molecule has 0 unspecified atom stereocenters. The third-order valence-electron chi connectivity index (χ3n) is 7.04. The van der Waals surface area contributed by atoms with Gasteiger partial charge in [0.1, 0.15) is 5.65 Å². The summed E-state index contributed by atoms with van der Waals surface area (Å²) in [5, 5.41) is 13.8. The molecule has 10 nitrogen and oxygen atoms in total. The van der Waals surface area contributed by atoms with Gasteiger partial charge < -0.3 is 31.8 Å². The van der Waals surface area contributed by atoms with Gasteiger partial charge in [-0.15, -0.1) is 13.2 Å². The molecule has 4 aromatic rings. The van der Waals surface area contributed by atoms with E-state index in [0.717, 1.165) is 18.1 Å². The van der Waals surface area contributed by atoms with Crippen molar-refractivity contribution in [2.45, 2.75) is 58.0 Å². The predicted octanol–water partition coefficient (Wildman–Crippen LogP) is 4.61. The van der Waals surface area contributed by atoms with Gasteiger partial charge in [-0.2, -0.15) is 4.98 Å². The summed E-state index contributed by atoms with van der Waals surface area (Å²) in [6.07, 6.45) is -1.16. The normalized spacial score (nSPS) is 13.2. The molecule has 2 heterocycles. The van der Waals surface area contributed by atoms with Gasteiger partial charge in [0, 0.05) is 35.8 Å². The van der Waals surface area contributed by atoms with Gasteiger partial charge in [0.05, 0.1) is 11.4 Å². The molecule has 0 amide bonds. The lowest BCUT2D eigenvalue weighted by molar-refractivity contribution is -0.275. The molecule has 0 fully saturated rings. The number of alkyl halides is 3. The molecule has 0 saturated carbocycles. The third kappa shape index (κ3) is 8.57. The number of hydrogen-bond acceptors (Lipinski definition) is 6. The number of guanidine groups is 1. The molecule has 44 heavy (non-hydrogen) atoms. The summed E-state index contributed by atoms with van der Waals surface area (Å²) in [5.74, 6) is -2.19. The molecule has 2 aromatic heterocycles. The summed E-state index contributed by atoms with van der Waals surface area (Å²) in [4.78, 5) is 19.9. The first-order chi connectivity index (χ1) is 20.8. The summed E-state index contributed by atoms with van der Waals surface area (Å²) in [7, 11) is 0. The average Bonchev–Trinajstić information content (AvgIpc) is 3.35. The molecule has 0 spiro atoms. The van der Waals surface area contributed by atoms with Crippen LogP contribution in [0, 0.1) is 11.2 Å². The van der Waals surface area contributed by atoms with E-state index in [1.807, 2.05) is 26.0 Å². The fourth-order valence-electron chi connectivity index (χ4n) is 4.82. The van der Waals surface area contributed by atoms with E-state index in [-0.39, 0.29) is 34.9 Å². The van der Waals surface area contributed by atoms with E-state index >= 15 is 4.39 Å². The number of aromatic nitrogens is 3. The summed E-state index contributed by atoms with van der Waals surface area (Å²) in [6.45, 7) is 5.13. The molecular formula is C30H36F4N8O2. The number of fused-ring (bicyclic) bond motifs is 1. The predicted molar refractivity (Wildman–Crippen MR) is 161 cm³/mol. The van der Waals surface area contributed by atoms with Crippen LogP contribution >= 0.6 is 0 Å². The molecule has 236 valence electrons. The number of nitrogens with one attached hydrogen (secondary N) is 4. The SMILES string of the molecule is C[C@H](N)CCCc1cc(OC(F)(F)F)c(F)c(-c2cc3cn(-c4ccc([C@H](C)NCCCNC(=N)N)cc4)c(=O)nc3[nH]2)c1.